The van der Waals surface area contributed by atoms with Crippen LogP contribution in [0.2, 0.25) is 12.6 Å². The van der Waals surface area contributed by atoms with E-state index in [-0.39, 0.29) is 0 Å². The molecule has 3 nitrogen and oxygen atoms in total. The van der Waals surface area contributed by atoms with Gasteiger partial charge in [-0.3, -0.25) is 0 Å². The molecule has 0 aliphatic heterocycles. The van der Waals surface area contributed by atoms with E-state index in [2.05, 4.69) is 13.8 Å². The van der Waals surface area contributed by atoms with Crippen LogP contribution in [-0.4, -0.2) is 29.1 Å². The zero-order valence-electron chi connectivity index (χ0n) is 8.55. The minimum atomic E-state index is -1.87. The van der Waals surface area contributed by atoms with Gasteiger partial charge in [-0.1, -0.05) is 13.8 Å². The molecule has 0 bridgehead atoms. The Kier molecular flexibility index (Phi) is 6.65. The van der Waals surface area contributed by atoms with Crippen molar-refractivity contribution in [3.05, 3.63) is 0 Å². The number of hydrogen-bond donors (Lipinski definition) is 0. The summed E-state index contributed by atoms with van der Waals surface area (Å²) in [6, 6.07) is 0.957. The highest BCUT2D eigenvalue weighted by atomic mass is 28.4. The molecular weight excluding hydrogens is 172 g/mol. The molecule has 0 radical (unpaired) electrons. The lowest BCUT2D eigenvalue weighted by Gasteiger charge is -2.23. The summed E-state index contributed by atoms with van der Waals surface area (Å²) in [7, 11) is -0.168. The molecule has 74 valence electrons. The number of hydrogen-bond acceptors (Lipinski definition) is 3. The molecule has 1 atom stereocenters. The van der Waals surface area contributed by atoms with Crippen molar-refractivity contribution in [2.45, 2.75) is 32.9 Å². The normalized spacial score (nSPS) is 16.0. The van der Waals surface area contributed by atoms with Gasteiger partial charge in [-0.25, -0.2) is 0 Å². The third-order valence-corrected chi connectivity index (χ3v) is 4.75. The van der Waals surface area contributed by atoms with Crippen LogP contribution in [0.15, 0.2) is 0 Å². The molecule has 0 aromatic carbocycles. The molecule has 0 saturated heterocycles. The minimum Gasteiger partial charge on any atom is -0.398 e. The van der Waals surface area contributed by atoms with Gasteiger partial charge in [0.15, 0.2) is 0 Å². The summed E-state index contributed by atoms with van der Waals surface area (Å²) in [6.45, 7) is 7.33. The van der Waals surface area contributed by atoms with Crippen LogP contribution in [-0.2, 0) is 13.6 Å². The van der Waals surface area contributed by atoms with Crippen LogP contribution >= 0.6 is 0 Å². The number of rotatable bonds is 7. The molecule has 0 rings (SSSR count). The SMILES string of the molecule is CCCOCO[Si](C)(CC)OC. The van der Waals surface area contributed by atoms with Crippen molar-refractivity contribution < 1.29 is 13.6 Å². The van der Waals surface area contributed by atoms with Crippen LogP contribution in [0, 0.1) is 0 Å². The van der Waals surface area contributed by atoms with Gasteiger partial charge in [0.05, 0.1) is 0 Å². The summed E-state index contributed by atoms with van der Waals surface area (Å²) in [4.78, 5) is 0. The van der Waals surface area contributed by atoms with Gasteiger partial charge < -0.3 is 13.6 Å². The predicted molar refractivity (Wildman–Crippen MR) is 51.3 cm³/mol. The Morgan fingerprint density at radius 2 is 1.92 bits per heavy atom. The molecule has 0 aliphatic rings. The van der Waals surface area contributed by atoms with Crippen LogP contribution in [0.3, 0.4) is 0 Å². The molecular formula is C8H20O3Si. The van der Waals surface area contributed by atoms with Crippen LogP contribution < -0.4 is 0 Å². The van der Waals surface area contributed by atoms with Crippen molar-refractivity contribution in [2.75, 3.05) is 20.5 Å². The Morgan fingerprint density at radius 3 is 2.33 bits per heavy atom. The first kappa shape index (κ1) is 12.1. The monoisotopic (exact) mass is 192 g/mol. The summed E-state index contributed by atoms with van der Waals surface area (Å²) in [5.41, 5.74) is 0. The minimum absolute atomic E-state index is 0.373. The molecule has 0 aromatic heterocycles. The molecule has 0 N–H and O–H groups in total. The Bertz CT molecular complexity index is 104. The van der Waals surface area contributed by atoms with Gasteiger partial charge in [0.25, 0.3) is 0 Å². The van der Waals surface area contributed by atoms with Gasteiger partial charge in [0, 0.05) is 13.7 Å². The molecule has 0 spiro atoms. The van der Waals surface area contributed by atoms with Gasteiger partial charge in [-0.2, -0.15) is 0 Å². The van der Waals surface area contributed by atoms with E-state index in [0.717, 1.165) is 19.1 Å². The Labute approximate surface area is 76.3 Å². The summed E-state index contributed by atoms with van der Waals surface area (Å²) in [5, 5.41) is 0. The summed E-state index contributed by atoms with van der Waals surface area (Å²) >= 11 is 0. The fraction of sp³-hybridized carbons (Fsp3) is 1.00. The van der Waals surface area contributed by atoms with Crippen LogP contribution in [0.25, 0.3) is 0 Å². The van der Waals surface area contributed by atoms with Crippen molar-refractivity contribution in [1.82, 2.24) is 0 Å². The molecule has 0 saturated carbocycles. The third kappa shape index (κ3) is 4.87. The quantitative estimate of drug-likeness (QED) is 0.351. The van der Waals surface area contributed by atoms with E-state index in [4.69, 9.17) is 13.6 Å². The topological polar surface area (TPSA) is 27.7 Å². The van der Waals surface area contributed by atoms with Crippen molar-refractivity contribution in [3.8, 4) is 0 Å². The maximum atomic E-state index is 5.52. The lowest BCUT2D eigenvalue weighted by molar-refractivity contribution is -0.00554. The molecule has 1 unspecified atom stereocenters. The second-order valence-corrected chi connectivity index (χ2v) is 6.53. The molecule has 0 heterocycles. The van der Waals surface area contributed by atoms with Crippen molar-refractivity contribution in [3.63, 3.8) is 0 Å². The van der Waals surface area contributed by atoms with Crippen LogP contribution in [0.4, 0.5) is 0 Å². The van der Waals surface area contributed by atoms with Crippen molar-refractivity contribution in [1.29, 1.82) is 0 Å². The van der Waals surface area contributed by atoms with Gasteiger partial charge in [-0.05, 0) is 19.0 Å². The predicted octanol–water partition coefficient (Wildman–Crippen LogP) is 2.13. The van der Waals surface area contributed by atoms with Gasteiger partial charge >= 0.3 is 8.56 Å². The first-order valence-electron chi connectivity index (χ1n) is 4.45. The largest absolute Gasteiger partial charge is 0.398 e. The summed E-state index contributed by atoms with van der Waals surface area (Å²) < 4.78 is 16.0. The second-order valence-electron chi connectivity index (χ2n) is 2.86. The van der Waals surface area contributed by atoms with E-state index < -0.39 is 8.56 Å². The maximum absolute atomic E-state index is 5.52. The fourth-order valence-corrected chi connectivity index (χ4v) is 1.62. The van der Waals surface area contributed by atoms with Crippen molar-refractivity contribution in [2.24, 2.45) is 0 Å². The Balaban J connectivity index is 3.45. The van der Waals surface area contributed by atoms with E-state index >= 15 is 0 Å². The van der Waals surface area contributed by atoms with E-state index in [1.165, 1.54) is 0 Å². The standard InChI is InChI=1S/C8H20O3Si/c1-5-7-10-8-11-12(4,6-2)9-3/h5-8H2,1-4H3. The average molecular weight is 192 g/mol. The Morgan fingerprint density at radius 1 is 1.25 bits per heavy atom. The zero-order valence-corrected chi connectivity index (χ0v) is 9.55. The van der Waals surface area contributed by atoms with Gasteiger partial charge in [0.2, 0.25) is 0 Å². The lowest BCUT2D eigenvalue weighted by Crippen LogP contribution is -2.37. The maximum Gasteiger partial charge on any atom is 0.336 e. The molecule has 12 heavy (non-hydrogen) atoms. The molecule has 4 heteroatoms. The molecule has 0 aromatic rings. The second kappa shape index (κ2) is 6.60. The highest BCUT2D eigenvalue weighted by Crippen LogP contribution is 2.10. The van der Waals surface area contributed by atoms with E-state index in [1.807, 2.05) is 6.55 Å². The third-order valence-electron chi connectivity index (χ3n) is 1.87. The molecule has 0 aliphatic carbocycles. The first-order chi connectivity index (χ1) is 5.68. The lowest BCUT2D eigenvalue weighted by atomic mass is 10.5. The summed E-state index contributed by atoms with van der Waals surface area (Å²) in [5.74, 6) is 0. The van der Waals surface area contributed by atoms with Gasteiger partial charge in [-0.15, -0.1) is 0 Å². The molecule has 0 fully saturated rings. The summed E-state index contributed by atoms with van der Waals surface area (Å²) in [6.07, 6.45) is 1.03. The number of ether oxygens (including phenoxy) is 1. The average Bonchev–Trinajstić information content (AvgIpc) is 2.12. The van der Waals surface area contributed by atoms with Crippen LogP contribution in [0.1, 0.15) is 20.3 Å². The van der Waals surface area contributed by atoms with E-state index in [0.29, 0.717) is 6.79 Å². The Hall–Kier alpha value is 0.0969. The van der Waals surface area contributed by atoms with E-state index in [9.17, 15) is 0 Å². The molecule has 0 amide bonds. The highest BCUT2D eigenvalue weighted by molar-refractivity contribution is 6.65. The fourth-order valence-electron chi connectivity index (χ4n) is 0.675. The van der Waals surface area contributed by atoms with Crippen LogP contribution in [0.5, 0.6) is 0 Å². The van der Waals surface area contributed by atoms with E-state index in [1.54, 1.807) is 7.11 Å². The smallest absolute Gasteiger partial charge is 0.336 e. The van der Waals surface area contributed by atoms with Gasteiger partial charge in [0.1, 0.15) is 6.79 Å². The van der Waals surface area contributed by atoms with Crippen molar-refractivity contribution >= 4 is 8.56 Å². The first-order valence-corrected chi connectivity index (χ1v) is 6.97. The zero-order chi connectivity index (χ0) is 9.45. The highest BCUT2D eigenvalue weighted by Gasteiger charge is 2.27.